The number of halogens is 1. The van der Waals surface area contributed by atoms with Gasteiger partial charge in [-0.25, -0.2) is 12.8 Å². The molecule has 0 saturated heterocycles. The molecule has 0 unspecified atom stereocenters. The number of amides is 1. The highest BCUT2D eigenvalue weighted by molar-refractivity contribution is 7.92. The zero-order valence-corrected chi connectivity index (χ0v) is 14.9. The topological polar surface area (TPSA) is 75.3 Å². The molecule has 2 rings (SSSR count). The first-order chi connectivity index (χ1) is 11.8. The van der Waals surface area contributed by atoms with Crippen molar-refractivity contribution in [3.63, 3.8) is 0 Å². The molecule has 0 spiro atoms. The number of anilines is 2. The molecule has 2 N–H and O–H groups in total. The first-order valence-electron chi connectivity index (χ1n) is 7.94. The molecule has 0 aliphatic rings. The summed E-state index contributed by atoms with van der Waals surface area (Å²) in [6, 6.07) is 11.0. The molecular formula is C18H21FN2O3S. The maximum absolute atomic E-state index is 13.2. The molecule has 5 nitrogen and oxygen atoms in total. The maximum Gasteiger partial charge on any atom is 0.261 e. The third-order valence-corrected chi connectivity index (χ3v) is 4.87. The van der Waals surface area contributed by atoms with Gasteiger partial charge >= 0.3 is 0 Å². The lowest BCUT2D eigenvalue weighted by Crippen LogP contribution is -2.14. The van der Waals surface area contributed by atoms with Crippen molar-refractivity contribution in [1.82, 2.24) is 0 Å². The fourth-order valence-corrected chi connectivity index (χ4v) is 3.18. The van der Waals surface area contributed by atoms with Gasteiger partial charge in [0.15, 0.2) is 0 Å². The van der Waals surface area contributed by atoms with Gasteiger partial charge in [-0.15, -0.1) is 0 Å². The Kier molecular flexibility index (Phi) is 6.14. The number of nitrogens with one attached hydrogen (secondary N) is 2. The van der Waals surface area contributed by atoms with Crippen molar-refractivity contribution in [2.75, 3.05) is 10.0 Å². The normalized spacial score (nSPS) is 11.4. The highest BCUT2D eigenvalue weighted by atomic mass is 32.2. The van der Waals surface area contributed by atoms with Crippen LogP contribution in [0.3, 0.4) is 0 Å². The van der Waals surface area contributed by atoms with Gasteiger partial charge in [0.05, 0.1) is 10.6 Å². The average Bonchev–Trinajstić information content (AvgIpc) is 2.53. The number of benzene rings is 2. The lowest BCUT2D eigenvalue weighted by Gasteiger charge is -2.10. The summed E-state index contributed by atoms with van der Waals surface area (Å²) in [5.74, 6) is -0.200. The molecule has 134 valence electrons. The van der Waals surface area contributed by atoms with E-state index in [2.05, 4.69) is 10.0 Å². The Morgan fingerprint density at radius 2 is 1.76 bits per heavy atom. The standard InChI is InChI=1S/C18H21FN2O3S/c1-13(2)6-11-18(22)20-15-7-9-17(10-8-15)25(23,24)21-16-5-3-4-14(19)12-16/h3-5,7-10,12-13,21H,6,11H2,1-2H3,(H,20,22). The Morgan fingerprint density at radius 1 is 1.08 bits per heavy atom. The number of rotatable bonds is 7. The SMILES string of the molecule is CC(C)CCC(=O)Nc1ccc(S(=O)(=O)Nc2cccc(F)c2)cc1. The van der Waals surface area contributed by atoms with E-state index < -0.39 is 15.8 Å². The molecule has 0 atom stereocenters. The van der Waals surface area contributed by atoms with Gasteiger partial charge in [0.25, 0.3) is 10.0 Å². The molecule has 0 aliphatic carbocycles. The van der Waals surface area contributed by atoms with Gasteiger partial charge in [-0.1, -0.05) is 19.9 Å². The minimum atomic E-state index is -3.83. The first kappa shape index (κ1) is 18.9. The van der Waals surface area contributed by atoms with Gasteiger partial charge < -0.3 is 5.32 Å². The molecule has 0 fully saturated rings. The molecule has 0 bridgehead atoms. The highest BCUT2D eigenvalue weighted by Gasteiger charge is 2.14. The molecule has 0 aromatic heterocycles. The number of hydrogen-bond acceptors (Lipinski definition) is 3. The monoisotopic (exact) mass is 364 g/mol. The number of sulfonamides is 1. The van der Waals surface area contributed by atoms with E-state index in [0.717, 1.165) is 12.5 Å². The molecule has 0 heterocycles. The maximum atomic E-state index is 13.2. The summed E-state index contributed by atoms with van der Waals surface area (Å²) in [4.78, 5) is 11.8. The van der Waals surface area contributed by atoms with E-state index in [1.807, 2.05) is 13.8 Å². The zero-order valence-electron chi connectivity index (χ0n) is 14.1. The predicted molar refractivity (Wildman–Crippen MR) is 96.4 cm³/mol. The van der Waals surface area contributed by atoms with Crippen LogP contribution in [0.2, 0.25) is 0 Å². The van der Waals surface area contributed by atoms with Crippen molar-refractivity contribution in [3.8, 4) is 0 Å². The van der Waals surface area contributed by atoms with Crippen LogP contribution in [0.1, 0.15) is 26.7 Å². The van der Waals surface area contributed by atoms with Crippen LogP contribution >= 0.6 is 0 Å². The molecule has 2 aromatic rings. The van der Waals surface area contributed by atoms with Crippen LogP contribution in [0.4, 0.5) is 15.8 Å². The second kappa shape index (κ2) is 8.11. The number of hydrogen-bond donors (Lipinski definition) is 2. The van der Waals surface area contributed by atoms with Gasteiger partial charge in [-0.05, 0) is 54.8 Å². The first-order valence-corrected chi connectivity index (χ1v) is 9.43. The highest BCUT2D eigenvalue weighted by Crippen LogP contribution is 2.19. The van der Waals surface area contributed by atoms with Crippen molar-refractivity contribution in [3.05, 3.63) is 54.3 Å². The summed E-state index contributed by atoms with van der Waals surface area (Å²) < 4.78 is 40.1. The van der Waals surface area contributed by atoms with Crippen LogP contribution in [0, 0.1) is 11.7 Å². The molecular weight excluding hydrogens is 343 g/mol. The predicted octanol–water partition coefficient (Wildman–Crippen LogP) is 4.00. The van der Waals surface area contributed by atoms with Crippen molar-refractivity contribution in [2.45, 2.75) is 31.6 Å². The van der Waals surface area contributed by atoms with Crippen LogP contribution in [-0.4, -0.2) is 14.3 Å². The van der Waals surface area contributed by atoms with E-state index in [0.29, 0.717) is 18.0 Å². The summed E-state index contributed by atoms with van der Waals surface area (Å²) in [7, 11) is -3.83. The Bertz CT molecular complexity index is 834. The van der Waals surface area contributed by atoms with Gasteiger partial charge in [0.2, 0.25) is 5.91 Å². The smallest absolute Gasteiger partial charge is 0.261 e. The van der Waals surface area contributed by atoms with Gasteiger partial charge in [-0.3, -0.25) is 9.52 Å². The fraction of sp³-hybridized carbons (Fsp3) is 0.278. The minimum Gasteiger partial charge on any atom is -0.326 e. The summed E-state index contributed by atoms with van der Waals surface area (Å²) in [6.45, 7) is 4.08. The van der Waals surface area contributed by atoms with E-state index in [1.165, 1.54) is 42.5 Å². The van der Waals surface area contributed by atoms with E-state index in [9.17, 15) is 17.6 Å². The van der Waals surface area contributed by atoms with Gasteiger partial charge in [-0.2, -0.15) is 0 Å². The minimum absolute atomic E-state index is 0.0249. The van der Waals surface area contributed by atoms with Crippen molar-refractivity contribution in [1.29, 1.82) is 0 Å². The van der Waals surface area contributed by atoms with E-state index in [-0.39, 0.29) is 16.5 Å². The lowest BCUT2D eigenvalue weighted by atomic mass is 10.1. The largest absolute Gasteiger partial charge is 0.326 e. The van der Waals surface area contributed by atoms with Crippen molar-refractivity contribution < 1.29 is 17.6 Å². The molecule has 7 heteroatoms. The number of carbonyl (C=O) groups excluding carboxylic acids is 1. The van der Waals surface area contributed by atoms with Crippen molar-refractivity contribution >= 4 is 27.3 Å². The molecule has 0 radical (unpaired) electrons. The van der Waals surface area contributed by atoms with Gasteiger partial charge in [0.1, 0.15) is 5.82 Å². The fourth-order valence-electron chi connectivity index (χ4n) is 2.13. The molecule has 1 amide bonds. The Hall–Kier alpha value is -2.41. The van der Waals surface area contributed by atoms with E-state index in [1.54, 1.807) is 0 Å². The average molecular weight is 364 g/mol. The molecule has 0 saturated carbocycles. The Morgan fingerprint density at radius 3 is 2.36 bits per heavy atom. The second-order valence-corrected chi connectivity index (χ2v) is 7.80. The van der Waals surface area contributed by atoms with E-state index >= 15 is 0 Å². The Labute approximate surface area is 147 Å². The summed E-state index contributed by atoms with van der Waals surface area (Å²) in [5.41, 5.74) is 0.671. The van der Waals surface area contributed by atoms with Crippen LogP contribution in [0.15, 0.2) is 53.4 Å². The second-order valence-electron chi connectivity index (χ2n) is 6.12. The van der Waals surface area contributed by atoms with Crippen molar-refractivity contribution in [2.24, 2.45) is 5.92 Å². The molecule has 2 aromatic carbocycles. The quantitative estimate of drug-likeness (QED) is 0.780. The molecule has 25 heavy (non-hydrogen) atoms. The van der Waals surface area contributed by atoms with E-state index in [4.69, 9.17) is 0 Å². The lowest BCUT2D eigenvalue weighted by molar-refractivity contribution is -0.116. The van der Waals surface area contributed by atoms with Crippen LogP contribution in [-0.2, 0) is 14.8 Å². The summed E-state index contributed by atoms with van der Waals surface area (Å²) in [5, 5.41) is 2.73. The summed E-state index contributed by atoms with van der Waals surface area (Å²) >= 11 is 0. The third-order valence-electron chi connectivity index (χ3n) is 3.47. The Balaban J connectivity index is 2.04. The van der Waals surface area contributed by atoms with Crippen LogP contribution < -0.4 is 10.0 Å². The number of carbonyl (C=O) groups is 1. The molecule has 0 aliphatic heterocycles. The van der Waals surface area contributed by atoms with Gasteiger partial charge in [0, 0.05) is 12.1 Å². The van der Waals surface area contributed by atoms with Crippen LogP contribution in [0.5, 0.6) is 0 Å². The zero-order chi connectivity index (χ0) is 18.4. The summed E-state index contributed by atoms with van der Waals surface area (Å²) in [6.07, 6.45) is 1.20. The van der Waals surface area contributed by atoms with Crippen LogP contribution in [0.25, 0.3) is 0 Å². The third kappa shape index (κ3) is 5.86.